The molecule has 4 nitrogen and oxygen atoms in total. The zero-order valence-corrected chi connectivity index (χ0v) is 12.8. The Morgan fingerprint density at radius 2 is 1.86 bits per heavy atom. The number of benzene rings is 1. The number of hydrogen-bond donors (Lipinski definition) is 2. The van der Waals surface area contributed by atoms with Crippen molar-refractivity contribution in [2.45, 2.75) is 26.7 Å². The number of hydrogen-bond acceptors (Lipinski definition) is 2. The molecule has 21 heavy (non-hydrogen) atoms. The van der Waals surface area contributed by atoms with Gasteiger partial charge in [-0.25, -0.2) is 0 Å². The van der Waals surface area contributed by atoms with Gasteiger partial charge in [-0.3, -0.25) is 9.59 Å². The minimum atomic E-state index is -0.166. The van der Waals surface area contributed by atoms with E-state index in [9.17, 15) is 9.59 Å². The van der Waals surface area contributed by atoms with Gasteiger partial charge in [-0.15, -0.1) is 0 Å². The second-order valence-corrected chi connectivity index (χ2v) is 4.66. The first-order chi connectivity index (χ1) is 10.1. The highest BCUT2D eigenvalue weighted by molar-refractivity contribution is 5.96. The molecule has 0 unspecified atom stereocenters. The number of nitrogens with one attached hydrogen (secondary N) is 2. The fraction of sp³-hybridized carbons (Fsp3) is 0.412. The van der Waals surface area contributed by atoms with Crippen LogP contribution in [0, 0.1) is 17.8 Å². The lowest BCUT2D eigenvalue weighted by Crippen LogP contribution is -2.30. The standard InChI is InChI=1S/C17H22N2O2/c1-4-13(5-2)16(20)19-12-8-10-14-9-6-7-11-15(14)17(21)18-3/h6-7,9,11,13H,4-5,12H2,1-3H3,(H,18,21)(H,19,20). The van der Waals surface area contributed by atoms with Crippen molar-refractivity contribution < 1.29 is 9.59 Å². The van der Waals surface area contributed by atoms with Crippen molar-refractivity contribution in [2.24, 2.45) is 5.92 Å². The molecule has 0 saturated heterocycles. The van der Waals surface area contributed by atoms with Gasteiger partial charge in [0.1, 0.15) is 0 Å². The second kappa shape index (κ2) is 8.80. The van der Waals surface area contributed by atoms with Crippen LogP contribution in [0.15, 0.2) is 24.3 Å². The summed E-state index contributed by atoms with van der Waals surface area (Å²) in [6.07, 6.45) is 1.66. The number of carbonyl (C=O) groups is 2. The van der Waals surface area contributed by atoms with E-state index in [2.05, 4.69) is 22.5 Å². The molecule has 0 saturated carbocycles. The molecule has 0 aromatic heterocycles. The maximum Gasteiger partial charge on any atom is 0.252 e. The monoisotopic (exact) mass is 286 g/mol. The zero-order valence-electron chi connectivity index (χ0n) is 12.8. The van der Waals surface area contributed by atoms with E-state index in [0.29, 0.717) is 11.1 Å². The third-order valence-corrected chi connectivity index (χ3v) is 3.33. The number of carbonyl (C=O) groups excluding carboxylic acids is 2. The fourth-order valence-corrected chi connectivity index (χ4v) is 2.00. The Hall–Kier alpha value is -2.28. The maximum absolute atomic E-state index is 11.8. The van der Waals surface area contributed by atoms with Gasteiger partial charge in [0, 0.05) is 18.5 Å². The predicted molar refractivity (Wildman–Crippen MR) is 83.8 cm³/mol. The van der Waals surface area contributed by atoms with E-state index in [0.717, 1.165) is 12.8 Å². The molecule has 0 fully saturated rings. The van der Waals surface area contributed by atoms with E-state index in [4.69, 9.17) is 0 Å². The minimum absolute atomic E-state index is 0.0360. The van der Waals surface area contributed by atoms with Gasteiger partial charge in [-0.1, -0.05) is 37.8 Å². The van der Waals surface area contributed by atoms with Crippen molar-refractivity contribution >= 4 is 11.8 Å². The average molecular weight is 286 g/mol. The summed E-state index contributed by atoms with van der Waals surface area (Å²) in [5.74, 6) is 5.74. The van der Waals surface area contributed by atoms with Crippen LogP contribution >= 0.6 is 0 Å². The van der Waals surface area contributed by atoms with Crippen molar-refractivity contribution in [3.8, 4) is 11.8 Å². The van der Waals surface area contributed by atoms with Gasteiger partial charge in [0.25, 0.3) is 5.91 Å². The first-order valence-electron chi connectivity index (χ1n) is 7.21. The quantitative estimate of drug-likeness (QED) is 0.813. The summed E-state index contributed by atoms with van der Waals surface area (Å²) in [6.45, 7) is 4.29. The first kappa shape index (κ1) is 16.8. The van der Waals surface area contributed by atoms with Crippen molar-refractivity contribution in [1.82, 2.24) is 10.6 Å². The molecule has 0 aliphatic heterocycles. The van der Waals surface area contributed by atoms with Crippen LogP contribution in [0.4, 0.5) is 0 Å². The van der Waals surface area contributed by atoms with Crippen molar-refractivity contribution in [3.63, 3.8) is 0 Å². The Labute approximate surface area is 126 Å². The Balaban J connectivity index is 2.68. The minimum Gasteiger partial charge on any atom is -0.355 e. The van der Waals surface area contributed by atoms with Gasteiger partial charge >= 0.3 is 0 Å². The number of rotatable bonds is 5. The van der Waals surface area contributed by atoms with E-state index >= 15 is 0 Å². The molecule has 1 aromatic rings. The van der Waals surface area contributed by atoms with Crippen LogP contribution in [-0.4, -0.2) is 25.4 Å². The topological polar surface area (TPSA) is 58.2 Å². The zero-order chi connectivity index (χ0) is 15.7. The molecule has 0 atom stereocenters. The molecule has 2 N–H and O–H groups in total. The largest absolute Gasteiger partial charge is 0.355 e. The third-order valence-electron chi connectivity index (χ3n) is 3.33. The SMILES string of the molecule is CCC(CC)C(=O)NCC#Cc1ccccc1C(=O)NC. The van der Waals surface area contributed by atoms with Gasteiger partial charge in [-0.2, -0.15) is 0 Å². The Morgan fingerprint density at radius 1 is 1.19 bits per heavy atom. The molecule has 4 heteroatoms. The average Bonchev–Trinajstić information content (AvgIpc) is 2.52. The van der Waals surface area contributed by atoms with Crippen LogP contribution in [0.3, 0.4) is 0 Å². The molecule has 1 aromatic carbocycles. The lowest BCUT2D eigenvalue weighted by atomic mass is 10.0. The van der Waals surface area contributed by atoms with Gasteiger partial charge in [0.2, 0.25) is 5.91 Å². The Kier molecular flexibility index (Phi) is 7.03. The van der Waals surface area contributed by atoms with Crippen molar-refractivity contribution in [3.05, 3.63) is 35.4 Å². The van der Waals surface area contributed by atoms with E-state index in [-0.39, 0.29) is 24.3 Å². The number of amides is 2. The van der Waals surface area contributed by atoms with Crippen molar-refractivity contribution in [1.29, 1.82) is 0 Å². The summed E-state index contributed by atoms with van der Waals surface area (Å²) >= 11 is 0. The van der Waals surface area contributed by atoms with E-state index in [1.807, 2.05) is 19.9 Å². The maximum atomic E-state index is 11.8. The summed E-state index contributed by atoms with van der Waals surface area (Å²) in [4.78, 5) is 23.5. The predicted octanol–water partition coefficient (Wildman–Crippen LogP) is 1.95. The van der Waals surface area contributed by atoms with E-state index < -0.39 is 0 Å². The molecular formula is C17H22N2O2. The highest BCUT2D eigenvalue weighted by Crippen LogP contribution is 2.07. The second-order valence-electron chi connectivity index (χ2n) is 4.66. The molecule has 2 amide bonds. The first-order valence-corrected chi connectivity index (χ1v) is 7.21. The highest BCUT2D eigenvalue weighted by atomic mass is 16.2. The Bertz CT molecular complexity index is 551. The van der Waals surface area contributed by atoms with Crippen LogP contribution in [0.1, 0.15) is 42.6 Å². The van der Waals surface area contributed by atoms with Gasteiger partial charge in [0.15, 0.2) is 0 Å². The molecule has 0 heterocycles. The summed E-state index contributed by atoms with van der Waals surface area (Å²) in [7, 11) is 1.59. The fourth-order valence-electron chi connectivity index (χ4n) is 2.00. The van der Waals surface area contributed by atoms with Crippen LogP contribution < -0.4 is 10.6 Å². The smallest absolute Gasteiger partial charge is 0.252 e. The summed E-state index contributed by atoms with van der Waals surface area (Å²) < 4.78 is 0. The normalized spacial score (nSPS) is 9.71. The van der Waals surface area contributed by atoms with Crippen LogP contribution in [0.5, 0.6) is 0 Å². The molecule has 0 spiro atoms. The summed E-state index contributed by atoms with van der Waals surface area (Å²) in [6, 6.07) is 7.15. The molecule has 0 bridgehead atoms. The van der Waals surface area contributed by atoms with Crippen LogP contribution in [0.25, 0.3) is 0 Å². The molecular weight excluding hydrogens is 264 g/mol. The van der Waals surface area contributed by atoms with Crippen LogP contribution in [-0.2, 0) is 4.79 Å². The summed E-state index contributed by atoms with van der Waals surface area (Å²) in [5.41, 5.74) is 1.20. The molecule has 0 aliphatic rings. The van der Waals surface area contributed by atoms with Gasteiger partial charge in [0.05, 0.1) is 12.1 Å². The lowest BCUT2D eigenvalue weighted by Gasteiger charge is -2.10. The van der Waals surface area contributed by atoms with Gasteiger partial charge in [-0.05, 0) is 25.0 Å². The molecule has 0 aliphatic carbocycles. The van der Waals surface area contributed by atoms with Gasteiger partial charge < -0.3 is 10.6 Å². The summed E-state index contributed by atoms with van der Waals surface area (Å²) in [5, 5.41) is 5.39. The molecule has 1 rings (SSSR count). The highest BCUT2D eigenvalue weighted by Gasteiger charge is 2.12. The van der Waals surface area contributed by atoms with Crippen LogP contribution in [0.2, 0.25) is 0 Å². The van der Waals surface area contributed by atoms with Crippen molar-refractivity contribution in [2.75, 3.05) is 13.6 Å². The van der Waals surface area contributed by atoms with E-state index in [1.165, 1.54) is 0 Å². The molecule has 112 valence electrons. The molecule has 0 radical (unpaired) electrons. The third kappa shape index (κ3) is 4.96. The lowest BCUT2D eigenvalue weighted by molar-refractivity contribution is -0.124. The Morgan fingerprint density at radius 3 is 2.48 bits per heavy atom. The van der Waals surface area contributed by atoms with E-state index in [1.54, 1.807) is 25.2 Å².